The monoisotopic (exact) mass is 502 g/mol. The Morgan fingerprint density at radius 2 is 1.83 bits per heavy atom. The SMILES string of the molecule is Cc1c2sc3ccccc3nc-2c2ccccc2c1=O.Nc1nc2c(ncn2COCCO)c(=O)[nH]1. The van der Waals surface area contributed by atoms with E-state index in [9.17, 15) is 9.59 Å². The Bertz CT molecular complexity index is 1790. The first-order chi connectivity index (χ1) is 17.5. The van der Waals surface area contributed by atoms with Gasteiger partial charge in [0.25, 0.3) is 5.56 Å². The molecule has 4 aromatic rings. The van der Waals surface area contributed by atoms with Gasteiger partial charge in [-0.1, -0.05) is 36.4 Å². The Hall–Kier alpha value is -4.19. The highest BCUT2D eigenvalue weighted by Crippen LogP contribution is 2.36. The van der Waals surface area contributed by atoms with Crippen LogP contribution in [0.4, 0.5) is 5.95 Å². The minimum absolute atomic E-state index is 0.0291. The molecule has 0 radical (unpaired) electrons. The number of benzene rings is 3. The van der Waals surface area contributed by atoms with Gasteiger partial charge >= 0.3 is 0 Å². The average molecular weight is 503 g/mol. The maximum Gasteiger partial charge on any atom is 0.280 e. The third-order valence-electron chi connectivity index (χ3n) is 5.59. The third-order valence-corrected chi connectivity index (χ3v) is 6.86. The number of fused-ring (bicyclic) bond motifs is 5. The van der Waals surface area contributed by atoms with Gasteiger partial charge in [0.1, 0.15) is 6.73 Å². The molecule has 0 spiro atoms. The molecule has 6 rings (SSSR count). The molecule has 36 heavy (non-hydrogen) atoms. The first kappa shape index (κ1) is 23.5. The summed E-state index contributed by atoms with van der Waals surface area (Å²) in [6.45, 7) is 2.19. The topological polar surface area (TPSA) is 149 Å². The molecule has 4 N–H and O–H groups in total. The molecule has 1 aliphatic heterocycles. The van der Waals surface area contributed by atoms with E-state index in [2.05, 4.69) is 15.0 Å². The summed E-state index contributed by atoms with van der Waals surface area (Å²) in [7, 11) is 0. The van der Waals surface area contributed by atoms with Crippen molar-refractivity contribution in [2.75, 3.05) is 18.9 Å². The number of aromatic amines is 1. The van der Waals surface area contributed by atoms with Crippen molar-refractivity contribution in [1.82, 2.24) is 24.5 Å². The Balaban J connectivity index is 0.000000152. The van der Waals surface area contributed by atoms with Gasteiger partial charge in [0, 0.05) is 16.3 Å². The number of nitrogens with zero attached hydrogens (tertiary/aromatic N) is 4. The van der Waals surface area contributed by atoms with Crippen molar-refractivity contribution in [2.45, 2.75) is 13.7 Å². The smallest absolute Gasteiger partial charge is 0.280 e. The van der Waals surface area contributed by atoms with Gasteiger partial charge in [-0.05, 0) is 19.1 Å². The summed E-state index contributed by atoms with van der Waals surface area (Å²) in [5.41, 5.74) is 8.42. The summed E-state index contributed by atoms with van der Waals surface area (Å²) in [6.07, 6.45) is 1.43. The molecule has 2 aromatic carbocycles. The van der Waals surface area contributed by atoms with Crippen molar-refractivity contribution < 1.29 is 9.84 Å². The third kappa shape index (κ3) is 4.31. The largest absolute Gasteiger partial charge is 0.394 e. The van der Waals surface area contributed by atoms with Crippen molar-refractivity contribution in [3.63, 3.8) is 0 Å². The number of para-hydroxylation sites is 1. The number of aromatic nitrogens is 5. The van der Waals surface area contributed by atoms with Crippen LogP contribution in [0.3, 0.4) is 0 Å². The lowest BCUT2D eigenvalue weighted by atomic mass is 10.0. The lowest BCUT2D eigenvalue weighted by Crippen LogP contribution is -2.13. The molecule has 2 aliphatic rings. The molecule has 0 bridgehead atoms. The number of nitrogens with two attached hydrogens (primary N) is 1. The molecule has 0 fully saturated rings. The van der Waals surface area contributed by atoms with E-state index in [1.807, 2.05) is 55.5 Å². The summed E-state index contributed by atoms with van der Waals surface area (Å²) in [4.78, 5) is 39.8. The van der Waals surface area contributed by atoms with Crippen molar-refractivity contribution in [3.05, 3.63) is 81.0 Å². The normalized spacial score (nSPS) is 11.3. The van der Waals surface area contributed by atoms with Crippen LogP contribution in [0.15, 0.2) is 64.4 Å². The number of anilines is 1. The number of imidazole rings is 1. The average Bonchev–Trinajstić information content (AvgIpc) is 3.30. The Labute approximate surface area is 208 Å². The molecular weight excluding hydrogens is 480 g/mol. The zero-order valence-electron chi connectivity index (χ0n) is 19.3. The lowest BCUT2D eigenvalue weighted by molar-refractivity contribution is 0.0499. The predicted octanol–water partition coefficient (Wildman–Crippen LogP) is 2.89. The number of aliphatic hydroxyl groups is 1. The zero-order chi connectivity index (χ0) is 25.2. The second kappa shape index (κ2) is 9.82. The van der Waals surface area contributed by atoms with Gasteiger partial charge in [0.05, 0.1) is 40.3 Å². The fourth-order valence-corrected chi connectivity index (χ4v) is 4.97. The highest BCUT2D eigenvalue weighted by atomic mass is 32.1. The van der Waals surface area contributed by atoms with Crippen molar-refractivity contribution >= 4 is 49.4 Å². The number of nitrogen functional groups attached to an aromatic ring is 1. The number of nitrogens with one attached hydrogen (secondary N) is 1. The molecule has 182 valence electrons. The number of rotatable bonds is 4. The Morgan fingerprint density at radius 3 is 2.64 bits per heavy atom. The van der Waals surface area contributed by atoms with E-state index in [-0.39, 0.29) is 42.4 Å². The van der Waals surface area contributed by atoms with Crippen LogP contribution < -0.4 is 16.7 Å². The zero-order valence-corrected chi connectivity index (χ0v) is 20.1. The van der Waals surface area contributed by atoms with E-state index in [0.29, 0.717) is 5.65 Å². The Kier molecular flexibility index (Phi) is 6.42. The van der Waals surface area contributed by atoms with Crippen LogP contribution in [0.1, 0.15) is 5.56 Å². The fourth-order valence-electron chi connectivity index (χ4n) is 3.89. The van der Waals surface area contributed by atoms with Crippen LogP contribution in [0, 0.1) is 6.92 Å². The van der Waals surface area contributed by atoms with E-state index >= 15 is 0 Å². The standard InChI is InChI=1S/C17H11NOS.C8H11N5O3/c1-10-16(19)12-7-3-2-6-11(12)15-17(10)20-14-9-5-4-8-13(14)18-15;9-8-11-6-5(7(15)12-8)10-3-13(6)4-16-2-1-14/h2-9H,1H3;3,14H,1-2,4H2,(H3,9,11,12,15). The fraction of sp³-hybridized carbons (Fsp3) is 0.160. The minimum atomic E-state index is -0.386. The van der Waals surface area contributed by atoms with E-state index in [1.165, 1.54) is 10.9 Å². The summed E-state index contributed by atoms with van der Waals surface area (Å²) < 4.78 is 7.74. The summed E-state index contributed by atoms with van der Waals surface area (Å²) >= 11 is 1.64. The molecule has 0 atom stereocenters. The molecule has 10 nitrogen and oxygen atoms in total. The van der Waals surface area contributed by atoms with Gasteiger partial charge in [-0.2, -0.15) is 4.98 Å². The van der Waals surface area contributed by atoms with Crippen molar-refractivity contribution in [3.8, 4) is 10.6 Å². The van der Waals surface area contributed by atoms with E-state index < -0.39 is 0 Å². The number of ether oxygens (including phenoxy) is 1. The van der Waals surface area contributed by atoms with Gasteiger partial charge in [-0.25, -0.2) is 9.97 Å². The van der Waals surface area contributed by atoms with E-state index in [4.69, 9.17) is 20.6 Å². The maximum absolute atomic E-state index is 12.5. The number of hydrogen-bond donors (Lipinski definition) is 3. The highest BCUT2D eigenvalue weighted by molar-refractivity contribution is 7.21. The number of H-pyrrole nitrogens is 1. The van der Waals surface area contributed by atoms with Crippen LogP contribution in [0.5, 0.6) is 0 Å². The number of hydrogen-bond acceptors (Lipinski definition) is 9. The molecule has 0 unspecified atom stereocenters. The maximum atomic E-state index is 12.5. The molecule has 2 aromatic heterocycles. The quantitative estimate of drug-likeness (QED) is 0.189. The van der Waals surface area contributed by atoms with Crippen LogP contribution in [0.2, 0.25) is 0 Å². The molecule has 3 heterocycles. The molecule has 0 amide bonds. The molecule has 11 heteroatoms. The second-order valence-corrected chi connectivity index (χ2v) is 9.01. The first-order valence-electron chi connectivity index (χ1n) is 11.1. The van der Waals surface area contributed by atoms with Gasteiger partial charge < -0.3 is 15.6 Å². The van der Waals surface area contributed by atoms with Gasteiger partial charge in [-0.3, -0.25) is 19.1 Å². The predicted molar refractivity (Wildman–Crippen MR) is 140 cm³/mol. The summed E-state index contributed by atoms with van der Waals surface area (Å²) in [5.74, 6) is 0.0291. The molecular formula is C25H22N6O4S. The van der Waals surface area contributed by atoms with E-state index in [1.54, 1.807) is 11.3 Å². The van der Waals surface area contributed by atoms with Crippen LogP contribution in [-0.2, 0) is 11.5 Å². The summed E-state index contributed by atoms with van der Waals surface area (Å²) in [6, 6.07) is 15.8. The van der Waals surface area contributed by atoms with Crippen LogP contribution >= 0.6 is 11.3 Å². The summed E-state index contributed by atoms with van der Waals surface area (Å²) in [5, 5.41) is 10.3. The van der Waals surface area contributed by atoms with Gasteiger partial charge in [0.2, 0.25) is 5.95 Å². The van der Waals surface area contributed by atoms with Gasteiger partial charge in [-0.15, -0.1) is 11.3 Å². The number of aliphatic hydroxyl groups excluding tert-OH is 1. The highest BCUT2D eigenvalue weighted by Gasteiger charge is 2.17. The first-order valence-corrected chi connectivity index (χ1v) is 11.9. The Morgan fingerprint density at radius 1 is 1.08 bits per heavy atom. The van der Waals surface area contributed by atoms with Crippen molar-refractivity contribution in [1.29, 1.82) is 0 Å². The lowest BCUT2D eigenvalue weighted by Gasteiger charge is -2.12. The molecule has 0 saturated carbocycles. The van der Waals surface area contributed by atoms with Gasteiger partial charge in [0.15, 0.2) is 16.6 Å². The molecule has 0 saturated heterocycles. The minimum Gasteiger partial charge on any atom is -0.394 e. The van der Waals surface area contributed by atoms with Crippen molar-refractivity contribution in [2.24, 2.45) is 0 Å². The van der Waals surface area contributed by atoms with Crippen LogP contribution in [-0.4, -0.2) is 42.8 Å². The second-order valence-electron chi connectivity index (χ2n) is 7.96. The molecule has 1 aliphatic carbocycles. The van der Waals surface area contributed by atoms with Crippen LogP contribution in [0.25, 0.3) is 42.7 Å². The van der Waals surface area contributed by atoms with E-state index in [0.717, 1.165) is 37.1 Å².